The molecule has 0 aliphatic carbocycles. The van der Waals surface area contributed by atoms with Gasteiger partial charge in [0.2, 0.25) is 0 Å². The molecule has 0 atom stereocenters. The van der Waals surface area contributed by atoms with Gasteiger partial charge in [0.1, 0.15) is 0 Å². The van der Waals surface area contributed by atoms with E-state index in [1.165, 1.54) is 94.2 Å². The minimum Gasteiger partial charge on any atom is -0.309 e. The molecule has 3 aliphatic rings. The zero-order chi connectivity index (χ0) is 63.5. The zero-order valence-corrected chi connectivity index (χ0v) is 54.6. The molecule has 0 fully saturated rings. The molecule has 9 aromatic carbocycles. The van der Waals surface area contributed by atoms with Crippen molar-refractivity contribution in [2.24, 2.45) is 0 Å². The molecule has 0 saturated carbocycles. The third-order valence-corrected chi connectivity index (χ3v) is 20.5. The maximum atomic E-state index is 5.34. The standard InChI is InChI=1S/C84H74N8/c1-14-16-27-50(15-2)74-85-75(51-28-20-17-21-29-51)88-78(86-74)54-37-39-68-59(41-54)58-34-26-35-62-70(58)91(68)69-38-36-49(40-63(69)82(62,8)9)48-81(6,7)57-45-61-60-44-56(80(3,4)5)46-66-71(60)92-72(61)67(47-57)84(12,13)65-43-55(42-64(73(65)92)83(66,10)11)79-89-76(52-30-22-18-23-31-52)87-77(90-79)53-32-24-19-25-33-53/h14-47H,2,48H2,1,3-13H3. The highest BCUT2D eigenvalue weighted by atomic mass is 15.1. The molecule has 92 heavy (non-hydrogen) atoms. The lowest BCUT2D eigenvalue weighted by Gasteiger charge is -2.43. The highest BCUT2D eigenvalue weighted by Gasteiger charge is 2.46. The Balaban J connectivity index is 0.829. The van der Waals surface area contributed by atoms with Gasteiger partial charge in [0.15, 0.2) is 34.9 Å². The summed E-state index contributed by atoms with van der Waals surface area (Å²) >= 11 is 0. The Hall–Kier alpha value is -10.2. The van der Waals surface area contributed by atoms with Crippen molar-refractivity contribution in [3.05, 3.63) is 269 Å². The Kier molecular flexibility index (Phi) is 12.5. The molecule has 0 bridgehead atoms. The van der Waals surface area contributed by atoms with Crippen LogP contribution in [-0.2, 0) is 33.5 Å². The number of allylic oxidation sites excluding steroid dienone is 5. The average Bonchev–Trinajstić information content (AvgIpc) is 1.45. The predicted molar refractivity (Wildman–Crippen MR) is 380 cm³/mol. The lowest BCUT2D eigenvalue weighted by Crippen LogP contribution is -2.34. The van der Waals surface area contributed by atoms with Crippen LogP contribution in [-0.4, -0.2) is 39.0 Å². The monoisotopic (exact) mass is 1190 g/mol. The molecule has 13 aromatic rings. The van der Waals surface area contributed by atoms with Gasteiger partial charge in [0, 0.05) is 71.2 Å². The quantitative estimate of drug-likeness (QED) is 0.120. The molecule has 450 valence electrons. The summed E-state index contributed by atoms with van der Waals surface area (Å²) in [6.07, 6.45) is 8.64. The van der Waals surface area contributed by atoms with Crippen LogP contribution in [0.15, 0.2) is 213 Å². The van der Waals surface area contributed by atoms with E-state index in [0.29, 0.717) is 34.9 Å². The molecule has 8 nitrogen and oxygen atoms in total. The molecule has 0 unspecified atom stereocenters. The van der Waals surface area contributed by atoms with Crippen LogP contribution >= 0.6 is 0 Å². The van der Waals surface area contributed by atoms with E-state index in [2.05, 4.69) is 231 Å². The molecule has 0 N–H and O–H groups in total. The predicted octanol–water partition coefficient (Wildman–Crippen LogP) is 20.5. The lowest BCUT2D eigenvalue weighted by atomic mass is 9.67. The average molecular weight is 1200 g/mol. The van der Waals surface area contributed by atoms with Gasteiger partial charge in [-0.15, -0.1) is 0 Å². The van der Waals surface area contributed by atoms with Crippen molar-refractivity contribution in [2.45, 2.75) is 117 Å². The summed E-state index contributed by atoms with van der Waals surface area (Å²) in [5, 5.41) is 5.01. The van der Waals surface area contributed by atoms with Gasteiger partial charge in [-0.25, -0.2) is 29.9 Å². The van der Waals surface area contributed by atoms with Crippen LogP contribution in [0, 0.1) is 0 Å². The molecular weight excluding hydrogens is 1120 g/mol. The highest BCUT2D eigenvalue weighted by molar-refractivity contribution is 6.15. The van der Waals surface area contributed by atoms with E-state index < -0.39 is 5.41 Å². The number of fused-ring (bicyclic) bond motifs is 6. The van der Waals surface area contributed by atoms with Crippen LogP contribution in [0.4, 0.5) is 0 Å². The van der Waals surface area contributed by atoms with Gasteiger partial charge in [-0.2, -0.15) is 0 Å². The Morgan fingerprint density at radius 2 is 0.946 bits per heavy atom. The van der Waals surface area contributed by atoms with Crippen molar-refractivity contribution in [1.82, 2.24) is 39.0 Å². The van der Waals surface area contributed by atoms with Gasteiger partial charge >= 0.3 is 0 Å². The summed E-state index contributed by atoms with van der Waals surface area (Å²) < 4.78 is 5.16. The fourth-order valence-electron chi connectivity index (χ4n) is 15.4. The summed E-state index contributed by atoms with van der Waals surface area (Å²) in [5.41, 5.74) is 23.5. The van der Waals surface area contributed by atoms with Crippen molar-refractivity contribution in [1.29, 1.82) is 0 Å². The molecule has 0 radical (unpaired) electrons. The zero-order valence-electron chi connectivity index (χ0n) is 54.6. The normalized spacial score (nSPS) is 15.1. The van der Waals surface area contributed by atoms with Crippen molar-refractivity contribution >= 4 is 49.2 Å². The van der Waals surface area contributed by atoms with Crippen molar-refractivity contribution in [3.8, 4) is 68.3 Å². The third kappa shape index (κ3) is 8.55. The molecule has 4 aromatic heterocycles. The van der Waals surface area contributed by atoms with E-state index in [9.17, 15) is 0 Å². The van der Waals surface area contributed by atoms with Gasteiger partial charge in [0.25, 0.3) is 0 Å². The van der Waals surface area contributed by atoms with Crippen LogP contribution < -0.4 is 0 Å². The maximum absolute atomic E-state index is 5.34. The van der Waals surface area contributed by atoms with Crippen molar-refractivity contribution in [2.75, 3.05) is 0 Å². The summed E-state index contributed by atoms with van der Waals surface area (Å²) in [7, 11) is 0. The molecule has 0 saturated heterocycles. The largest absolute Gasteiger partial charge is 0.309 e. The Labute approximate surface area is 538 Å². The van der Waals surface area contributed by atoms with Crippen LogP contribution in [0.3, 0.4) is 0 Å². The van der Waals surface area contributed by atoms with E-state index in [0.717, 1.165) is 50.7 Å². The maximum Gasteiger partial charge on any atom is 0.164 e. The van der Waals surface area contributed by atoms with Gasteiger partial charge in [-0.05, 0) is 123 Å². The van der Waals surface area contributed by atoms with Crippen molar-refractivity contribution in [3.63, 3.8) is 0 Å². The van der Waals surface area contributed by atoms with E-state index in [-0.39, 0.29) is 21.7 Å². The van der Waals surface area contributed by atoms with Crippen molar-refractivity contribution < 1.29 is 0 Å². The number of aromatic nitrogens is 8. The van der Waals surface area contributed by atoms with E-state index >= 15 is 0 Å². The number of nitrogens with zero attached hydrogens (tertiary/aromatic N) is 8. The second kappa shape index (κ2) is 20.2. The molecule has 0 spiro atoms. The first-order valence-electron chi connectivity index (χ1n) is 32.4. The fourth-order valence-corrected chi connectivity index (χ4v) is 15.4. The van der Waals surface area contributed by atoms with Gasteiger partial charge < -0.3 is 9.13 Å². The number of para-hydroxylation sites is 1. The molecule has 0 amide bonds. The summed E-state index contributed by atoms with van der Waals surface area (Å²) in [4.78, 5) is 31.0. The number of benzene rings is 9. The molecular formula is C84H74N8. The summed E-state index contributed by atoms with van der Waals surface area (Å²) in [6.45, 7) is 32.7. The number of hydrogen-bond acceptors (Lipinski definition) is 6. The smallest absolute Gasteiger partial charge is 0.164 e. The second-order valence-corrected chi connectivity index (χ2v) is 29.0. The van der Waals surface area contributed by atoms with Crippen LogP contribution in [0.25, 0.3) is 117 Å². The lowest BCUT2D eigenvalue weighted by molar-refractivity contribution is 0.518. The minimum absolute atomic E-state index is 0.0941. The van der Waals surface area contributed by atoms with E-state index in [1.54, 1.807) is 0 Å². The second-order valence-electron chi connectivity index (χ2n) is 29.0. The van der Waals surface area contributed by atoms with E-state index in [1.807, 2.05) is 73.7 Å². The first-order valence-corrected chi connectivity index (χ1v) is 32.4. The first-order chi connectivity index (χ1) is 44.1. The fraction of sp³-hybridized carbons (Fsp3) is 0.214. The highest BCUT2D eigenvalue weighted by Crippen LogP contribution is 2.58. The SMILES string of the molecule is C=CC(=CC=CC)c1nc(-c2ccccc2)nc(-c2ccc3c(c2)c2cccc4c2n3-c2ccc(CC(C)(C)c3cc5c6c(c3)c3cc(C(C)(C)C)cc7c3n6-c3c(cc(-c6nc(-c8ccccc8)nc(-c8ccccc8)n6)cc3C5(C)C)C7(C)C)cc2C4(C)C)n1. The Bertz CT molecular complexity index is 5300. The van der Waals surface area contributed by atoms with Gasteiger partial charge in [-0.1, -0.05) is 241 Å². The minimum atomic E-state index is -0.417. The van der Waals surface area contributed by atoms with E-state index in [4.69, 9.17) is 29.9 Å². The number of rotatable bonds is 11. The number of hydrogen-bond donors (Lipinski definition) is 0. The third-order valence-electron chi connectivity index (χ3n) is 20.5. The Morgan fingerprint density at radius 1 is 0.435 bits per heavy atom. The van der Waals surface area contributed by atoms with Crippen LogP contribution in [0.1, 0.15) is 139 Å². The van der Waals surface area contributed by atoms with Crippen LogP contribution in [0.2, 0.25) is 0 Å². The summed E-state index contributed by atoms with van der Waals surface area (Å²) in [5.74, 6) is 3.79. The molecule has 8 heteroatoms. The van der Waals surface area contributed by atoms with Gasteiger partial charge in [0.05, 0.1) is 33.4 Å². The van der Waals surface area contributed by atoms with Gasteiger partial charge in [-0.3, -0.25) is 0 Å². The first kappa shape index (κ1) is 57.0. The summed E-state index contributed by atoms with van der Waals surface area (Å²) in [6, 6.07) is 66.6. The molecule has 16 rings (SSSR count). The molecule has 7 heterocycles. The topological polar surface area (TPSA) is 87.2 Å². The van der Waals surface area contributed by atoms with Crippen LogP contribution in [0.5, 0.6) is 0 Å². The molecule has 3 aliphatic heterocycles. The Morgan fingerprint density at radius 3 is 1.50 bits per heavy atom.